The Balaban J connectivity index is 2.23. The Morgan fingerprint density at radius 1 is 1.12 bits per heavy atom. The van der Waals surface area contributed by atoms with Gasteiger partial charge in [-0.25, -0.2) is 4.79 Å². The Morgan fingerprint density at radius 2 is 1.88 bits per heavy atom. The van der Waals surface area contributed by atoms with Gasteiger partial charge < -0.3 is 14.1 Å². The van der Waals surface area contributed by atoms with E-state index >= 15 is 0 Å². The average Bonchev–Trinajstić information content (AvgIpc) is 2.92. The van der Waals surface area contributed by atoms with E-state index in [0.717, 1.165) is 27.8 Å². The number of aromatic nitrogens is 1. The molecule has 5 nitrogen and oxygen atoms in total. The fourth-order valence-electron chi connectivity index (χ4n) is 2.65. The normalized spacial score (nSPS) is 11.5. The Labute approximate surface area is 140 Å². The maximum absolute atomic E-state index is 11.2. The number of aryl methyl sites for hydroxylation is 1. The molecule has 0 unspecified atom stereocenters. The van der Waals surface area contributed by atoms with Crippen molar-refractivity contribution in [2.45, 2.75) is 6.92 Å². The van der Waals surface area contributed by atoms with E-state index < -0.39 is 5.97 Å². The number of carbonyl (C=O) groups excluding carboxylic acids is 1. The van der Waals surface area contributed by atoms with E-state index in [1.165, 1.54) is 6.92 Å². The fourth-order valence-corrected chi connectivity index (χ4v) is 2.65. The summed E-state index contributed by atoms with van der Waals surface area (Å²) in [6, 6.07) is 15.5. The molecule has 0 N–H and O–H groups in total. The van der Waals surface area contributed by atoms with E-state index in [1.54, 1.807) is 7.11 Å². The number of benzene rings is 2. The SMILES string of the molecule is COc1ccc2c(c1)c(/C(=N/OC(C)=O)c1ccccc1)cn2C. The highest BCUT2D eigenvalue weighted by molar-refractivity contribution is 6.19. The largest absolute Gasteiger partial charge is 0.497 e. The third-order valence-corrected chi connectivity index (χ3v) is 3.76. The molecule has 24 heavy (non-hydrogen) atoms. The maximum Gasteiger partial charge on any atom is 0.332 e. The van der Waals surface area contributed by atoms with E-state index in [1.807, 2.05) is 66.3 Å². The second kappa shape index (κ2) is 6.58. The van der Waals surface area contributed by atoms with E-state index in [9.17, 15) is 4.79 Å². The van der Waals surface area contributed by atoms with Gasteiger partial charge in [0.25, 0.3) is 0 Å². The first kappa shape index (κ1) is 15.8. The van der Waals surface area contributed by atoms with Crippen molar-refractivity contribution in [3.8, 4) is 5.75 Å². The second-order valence-corrected chi connectivity index (χ2v) is 5.43. The molecule has 0 aliphatic rings. The van der Waals surface area contributed by atoms with Crippen LogP contribution in [0.5, 0.6) is 5.75 Å². The van der Waals surface area contributed by atoms with Crippen molar-refractivity contribution in [2.75, 3.05) is 7.11 Å². The molecule has 0 spiro atoms. The van der Waals surface area contributed by atoms with Crippen LogP contribution in [0.3, 0.4) is 0 Å². The predicted octanol–water partition coefficient (Wildman–Crippen LogP) is 3.50. The first-order valence-electron chi connectivity index (χ1n) is 7.54. The van der Waals surface area contributed by atoms with E-state index in [2.05, 4.69) is 5.16 Å². The van der Waals surface area contributed by atoms with Crippen molar-refractivity contribution < 1.29 is 14.4 Å². The lowest BCUT2D eigenvalue weighted by atomic mass is 10.0. The number of carbonyl (C=O) groups is 1. The van der Waals surface area contributed by atoms with Crippen molar-refractivity contribution in [1.82, 2.24) is 4.57 Å². The van der Waals surface area contributed by atoms with Gasteiger partial charge in [0.05, 0.1) is 7.11 Å². The predicted molar refractivity (Wildman–Crippen MR) is 93.3 cm³/mol. The maximum atomic E-state index is 11.2. The van der Waals surface area contributed by atoms with E-state index in [0.29, 0.717) is 5.71 Å². The van der Waals surface area contributed by atoms with Crippen LogP contribution < -0.4 is 4.74 Å². The molecule has 0 bridgehead atoms. The highest BCUT2D eigenvalue weighted by Crippen LogP contribution is 2.27. The molecule has 0 saturated heterocycles. The van der Waals surface area contributed by atoms with Crippen LogP contribution in [0.4, 0.5) is 0 Å². The summed E-state index contributed by atoms with van der Waals surface area (Å²) >= 11 is 0. The number of ether oxygens (including phenoxy) is 1. The Hall–Kier alpha value is -3.08. The number of oxime groups is 1. The van der Waals surface area contributed by atoms with Gasteiger partial charge >= 0.3 is 5.97 Å². The van der Waals surface area contributed by atoms with Gasteiger partial charge in [-0.1, -0.05) is 35.5 Å². The molecule has 5 heteroatoms. The van der Waals surface area contributed by atoms with Crippen LogP contribution in [-0.2, 0) is 16.7 Å². The van der Waals surface area contributed by atoms with Gasteiger partial charge in [-0.3, -0.25) is 0 Å². The minimum absolute atomic E-state index is 0.457. The molecule has 0 saturated carbocycles. The Kier molecular flexibility index (Phi) is 4.33. The highest BCUT2D eigenvalue weighted by Gasteiger charge is 2.16. The van der Waals surface area contributed by atoms with Gasteiger partial charge in [-0.15, -0.1) is 0 Å². The number of nitrogens with zero attached hydrogens (tertiary/aromatic N) is 2. The molecule has 3 rings (SSSR count). The molecular formula is C19H18N2O3. The molecule has 0 aliphatic carbocycles. The minimum atomic E-state index is -0.457. The van der Waals surface area contributed by atoms with E-state index in [-0.39, 0.29) is 0 Å². The van der Waals surface area contributed by atoms with Crippen LogP contribution in [0.15, 0.2) is 59.9 Å². The molecule has 2 aromatic carbocycles. The molecule has 122 valence electrons. The summed E-state index contributed by atoms with van der Waals surface area (Å²) in [7, 11) is 3.60. The van der Waals surface area contributed by atoms with Crippen molar-refractivity contribution in [3.05, 3.63) is 65.9 Å². The second-order valence-electron chi connectivity index (χ2n) is 5.43. The third kappa shape index (κ3) is 3.01. The lowest BCUT2D eigenvalue weighted by molar-refractivity contribution is -0.140. The first-order valence-corrected chi connectivity index (χ1v) is 7.54. The third-order valence-electron chi connectivity index (χ3n) is 3.76. The van der Waals surface area contributed by atoms with Crippen LogP contribution in [0.1, 0.15) is 18.1 Å². The first-order chi connectivity index (χ1) is 11.6. The lowest BCUT2D eigenvalue weighted by Crippen LogP contribution is -2.05. The van der Waals surface area contributed by atoms with Gasteiger partial charge in [-0.2, -0.15) is 0 Å². The molecule has 0 aliphatic heterocycles. The molecule has 1 heterocycles. The molecule has 0 fully saturated rings. The molecule has 0 amide bonds. The van der Waals surface area contributed by atoms with E-state index in [4.69, 9.17) is 9.57 Å². The topological polar surface area (TPSA) is 52.8 Å². The summed E-state index contributed by atoms with van der Waals surface area (Å²) < 4.78 is 7.35. The van der Waals surface area contributed by atoms with Gasteiger partial charge in [-0.05, 0) is 18.2 Å². The Bertz CT molecular complexity index is 911. The summed E-state index contributed by atoms with van der Waals surface area (Å²) in [5.74, 6) is 0.302. The quantitative estimate of drug-likeness (QED) is 0.420. The van der Waals surface area contributed by atoms with Gasteiger partial charge in [0.15, 0.2) is 0 Å². The molecule has 0 radical (unpaired) electrons. The number of hydrogen-bond acceptors (Lipinski definition) is 4. The number of fused-ring (bicyclic) bond motifs is 1. The van der Waals surface area contributed by atoms with Crippen LogP contribution in [0.2, 0.25) is 0 Å². The van der Waals surface area contributed by atoms with Gasteiger partial charge in [0, 0.05) is 42.2 Å². The summed E-state index contributed by atoms with van der Waals surface area (Å²) in [5.41, 5.74) is 3.38. The van der Waals surface area contributed by atoms with Crippen LogP contribution in [-0.4, -0.2) is 23.4 Å². The van der Waals surface area contributed by atoms with Crippen LogP contribution >= 0.6 is 0 Å². The molecule has 3 aromatic rings. The lowest BCUT2D eigenvalue weighted by Gasteiger charge is -2.06. The summed E-state index contributed by atoms with van der Waals surface area (Å²) in [4.78, 5) is 16.2. The van der Waals surface area contributed by atoms with Crippen molar-refractivity contribution in [2.24, 2.45) is 12.2 Å². The number of methoxy groups -OCH3 is 1. The van der Waals surface area contributed by atoms with Crippen LogP contribution in [0, 0.1) is 0 Å². The summed E-state index contributed by atoms with van der Waals surface area (Å²) in [6.45, 7) is 1.33. The van der Waals surface area contributed by atoms with Crippen LogP contribution in [0.25, 0.3) is 10.9 Å². The Morgan fingerprint density at radius 3 is 2.54 bits per heavy atom. The number of rotatable bonds is 4. The zero-order valence-electron chi connectivity index (χ0n) is 13.8. The van der Waals surface area contributed by atoms with Gasteiger partial charge in [0.2, 0.25) is 0 Å². The van der Waals surface area contributed by atoms with Crippen molar-refractivity contribution in [3.63, 3.8) is 0 Å². The van der Waals surface area contributed by atoms with Crippen molar-refractivity contribution in [1.29, 1.82) is 0 Å². The zero-order valence-corrected chi connectivity index (χ0v) is 13.8. The smallest absolute Gasteiger partial charge is 0.332 e. The van der Waals surface area contributed by atoms with Gasteiger partial charge in [0.1, 0.15) is 11.5 Å². The zero-order chi connectivity index (χ0) is 17.1. The summed E-state index contributed by atoms with van der Waals surface area (Å²) in [5, 5.41) is 5.07. The molecule has 1 aromatic heterocycles. The molecule has 0 atom stereocenters. The monoisotopic (exact) mass is 322 g/mol. The number of hydrogen-bond donors (Lipinski definition) is 0. The fraction of sp³-hybridized carbons (Fsp3) is 0.158. The standard InChI is InChI=1S/C19H18N2O3/c1-13(22)24-20-19(14-7-5-4-6-8-14)17-12-21(2)18-10-9-15(23-3)11-16(17)18/h4-12H,1-3H3/b20-19+. The summed E-state index contributed by atoms with van der Waals surface area (Å²) in [6.07, 6.45) is 1.97. The average molecular weight is 322 g/mol. The molecular weight excluding hydrogens is 304 g/mol. The minimum Gasteiger partial charge on any atom is -0.497 e. The highest BCUT2D eigenvalue weighted by atomic mass is 16.7. The van der Waals surface area contributed by atoms with Crippen molar-refractivity contribution >= 4 is 22.6 Å².